The van der Waals surface area contributed by atoms with E-state index in [4.69, 9.17) is 16.3 Å². The number of hydrogen-bond donors (Lipinski definition) is 1. The molecule has 1 heterocycles. The van der Waals surface area contributed by atoms with Crippen molar-refractivity contribution in [2.45, 2.75) is 25.9 Å². The molecule has 0 amide bonds. The summed E-state index contributed by atoms with van der Waals surface area (Å²) in [6.45, 7) is 3.72. The Balaban J connectivity index is 2.13. The van der Waals surface area contributed by atoms with E-state index in [9.17, 15) is 4.39 Å². The first kappa shape index (κ1) is 11.7. The summed E-state index contributed by atoms with van der Waals surface area (Å²) in [6.07, 6.45) is 1.91. The van der Waals surface area contributed by atoms with Gasteiger partial charge in [0.15, 0.2) is 11.6 Å². The molecule has 2 rings (SSSR count). The predicted molar refractivity (Wildman–Crippen MR) is 62.7 cm³/mol. The van der Waals surface area contributed by atoms with Gasteiger partial charge in [0.1, 0.15) is 6.10 Å². The monoisotopic (exact) mass is 243 g/mol. The van der Waals surface area contributed by atoms with Crippen molar-refractivity contribution in [1.82, 2.24) is 5.32 Å². The number of hydrogen-bond acceptors (Lipinski definition) is 2. The van der Waals surface area contributed by atoms with Crippen molar-refractivity contribution in [3.63, 3.8) is 0 Å². The van der Waals surface area contributed by atoms with Crippen LogP contribution in [0, 0.1) is 12.7 Å². The molecule has 2 nitrogen and oxygen atoms in total. The highest BCUT2D eigenvalue weighted by molar-refractivity contribution is 6.30. The zero-order valence-electron chi connectivity index (χ0n) is 9.22. The third-order valence-corrected chi connectivity index (χ3v) is 2.99. The lowest BCUT2D eigenvalue weighted by Gasteiger charge is -2.24. The maximum atomic E-state index is 13.7. The standard InChI is InChI=1S/C12H15ClFNO/c1-8-6-10(13)12(14)11(7-8)16-9-2-4-15-5-3-9/h6-7,9,15H,2-5H2,1H3. The normalized spacial score (nSPS) is 17.4. The molecule has 16 heavy (non-hydrogen) atoms. The number of aryl methyl sites for hydroxylation is 1. The van der Waals surface area contributed by atoms with Crippen LogP contribution in [0.2, 0.25) is 5.02 Å². The molecule has 0 aromatic heterocycles. The average molecular weight is 244 g/mol. The van der Waals surface area contributed by atoms with Gasteiger partial charge in [0.05, 0.1) is 5.02 Å². The Hall–Kier alpha value is -0.800. The maximum absolute atomic E-state index is 13.7. The van der Waals surface area contributed by atoms with E-state index in [-0.39, 0.29) is 16.9 Å². The van der Waals surface area contributed by atoms with Crippen LogP contribution in [0.15, 0.2) is 12.1 Å². The van der Waals surface area contributed by atoms with E-state index < -0.39 is 5.82 Å². The Bertz CT molecular complexity index is 378. The van der Waals surface area contributed by atoms with Gasteiger partial charge in [-0.15, -0.1) is 0 Å². The largest absolute Gasteiger partial charge is 0.487 e. The summed E-state index contributed by atoms with van der Waals surface area (Å²) in [5, 5.41) is 3.37. The Morgan fingerprint density at radius 1 is 1.38 bits per heavy atom. The topological polar surface area (TPSA) is 21.3 Å². The number of piperidine rings is 1. The molecule has 0 aliphatic carbocycles. The van der Waals surface area contributed by atoms with Crippen molar-refractivity contribution in [2.75, 3.05) is 13.1 Å². The molecule has 0 spiro atoms. The number of rotatable bonds is 2. The molecule has 0 unspecified atom stereocenters. The molecule has 0 bridgehead atoms. The molecule has 1 N–H and O–H groups in total. The Labute approximate surface area is 99.7 Å². The van der Waals surface area contributed by atoms with Gasteiger partial charge in [-0.1, -0.05) is 11.6 Å². The SMILES string of the molecule is Cc1cc(Cl)c(F)c(OC2CCNCC2)c1. The van der Waals surface area contributed by atoms with Crippen molar-refractivity contribution < 1.29 is 9.13 Å². The summed E-state index contributed by atoms with van der Waals surface area (Å²) in [5.74, 6) is -0.178. The maximum Gasteiger partial charge on any atom is 0.183 e. The Kier molecular flexibility index (Phi) is 3.66. The molecule has 1 aromatic rings. The van der Waals surface area contributed by atoms with Crippen LogP contribution in [-0.2, 0) is 0 Å². The first-order valence-electron chi connectivity index (χ1n) is 5.50. The van der Waals surface area contributed by atoms with Gasteiger partial charge in [0.2, 0.25) is 0 Å². The number of ether oxygens (including phenoxy) is 1. The minimum atomic E-state index is -0.453. The molecule has 1 aliphatic rings. The quantitative estimate of drug-likeness (QED) is 0.863. The van der Waals surface area contributed by atoms with Gasteiger partial charge in [0.25, 0.3) is 0 Å². The summed E-state index contributed by atoms with van der Waals surface area (Å²) < 4.78 is 19.3. The smallest absolute Gasteiger partial charge is 0.183 e. The van der Waals surface area contributed by atoms with Gasteiger partial charge < -0.3 is 10.1 Å². The molecule has 1 saturated heterocycles. The van der Waals surface area contributed by atoms with Crippen LogP contribution < -0.4 is 10.1 Å². The minimum absolute atomic E-state index is 0.0913. The lowest BCUT2D eigenvalue weighted by Crippen LogP contribution is -2.34. The second-order valence-electron chi connectivity index (χ2n) is 4.13. The fourth-order valence-corrected chi connectivity index (χ4v) is 2.14. The van der Waals surface area contributed by atoms with Crippen molar-refractivity contribution >= 4 is 11.6 Å². The summed E-state index contributed by atoms with van der Waals surface area (Å²) in [6, 6.07) is 3.30. The second kappa shape index (κ2) is 5.02. The third kappa shape index (κ3) is 2.66. The van der Waals surface area contributed by atoms with Crippen LogP contribution in [0.3, 0.4) is 0 Å². The molecule has 1 fully saturated rings. The molecule has 0 saturated carbocycles. The van der Waals surface area contributed by atoms with Crippen LogP contribution in [-0.4, -0.2) is 19.2 Å². The van der Waals surface area contributed by atoms with E-state index in [1.165, 1.54) is 0 Å². The van der Waals surface area contributed by atoms with Crippen molar-refractivity contribution in [3.8, 4) is 5.75 Å². The molecular weight excluding hydrogens is 229 g/mol. The van der Waals surface area contributed by atoms with Crippen molar-refractivity contribution in [2.24, 2.45) is 0 Å². The number of benzene rings is 1. The predicted octanol–water partition coefficient (Wildman–Crippen LogP) is 2.92. The average Bonchev–Trinajstić information content (AvgIpc) is 2.27. The lowest BCUT2D eigenvalue weighted by atomic mass is 10.1. The van der Waals surface area contributed by atoms with Gasteiger partial charge >= 0.3 is 0 Å². The molecule has 0 atom stereocenters. The molecular formula is C12H15ClFNO. The fourth-order valence-electron chi connectivity index (χ4n) is 1.87. The summed E-state index contributed by atoms with van der Waals surface area (Å²) in [5.41, 5.74) is 0.912. The molecule has 1 aromatic carbocycles. The van der Waals surface area contributed by atoms with Crippen LogP contribution in [0.4, 0.5) is 4.39 Å². The number of halogens is 2. The molecule has 88 valence electrons. The van der Waals surface area contributed by atoms with Crippen molar-refractivity contribution in [1.29, 1.82) is 0 Å². The van der Waals surface area contributed by atoms with E-state index >= 15 is 0 Å². The van der Waals surface area contributed by atoms with E-state index in [1.54, 1.807) is 12.1 Å². The van der Waals surface area contributed by atoms with Gasteiger partial charge in [-0.2, -0.15) is 0 Å². The summed E-state index contributed by atoms with van der Waals surface area (Å²) >= 11 is 5.77. The highest BCUT2D eigenvalue weighted by Crippen LogP contribution is 2.28. The zero-order chi connectivity index (χ0) is 11.5. The van der Waals surface area contributed by atoms with E-state index in [1.807, 2.05) is 6.92 Å². The summed E-state index contributed by atoms with van der Waals surface area (Å²) in [4.78, 5) is 0. The number of nitrogens with one attached hydrogen (secondary N) is 1. The Morgan fingerprint density at radius 3 is 2.75 bits per heavy atom. The zero-order valence-corrected chi connectivity index (χ0v) is 9.98. The minimum Gasteiger partial charge on any atom is -0.487 e. The van der Waals surface area contributed by atoms with E-state index in [0.29, 0.717) is 0 Å². The van der Waals surface area contributed by atoms with Crippen LogP contribution >= 0.6 is 11.6 Å². The first-order chi connectivity index (χ1) is 7.66. The van der Waals surface area contributed by atoms with Crippen molar-refractivity contribution in [3.05, 3.63) is 28.5 Å². The van der Waals surface area contributed by atoms with Gasteiger partial charge in [0, 0.05) is 0 Å². The third-order valence-electron chi connectivity index (χ3n) is 2.72. The molecule has 1 aliphatic heterocycles. The second-order valence-corrected chi connectivity index (χ2v) is 4.53. The fraction of sp³-hybridized carbons (Fsp3) is 0.500. The molecule has 0 radical (unpaired) electrons. The van der Waals surface area contributed by atoms with Crippen LogP contribution in [0.25, 0.3) is 0 Å². The highest BCUT2D eigenvalue weighted by atomic mass is 35.5. The van der Waals surface area contributed by atoms with Gasteiger partial charge in [-0.05, 0) is 50.6 Å². The Morgan fingerprint density at radius 2 is 2.06 bits per heavy atom. The first-order valence-corrected chi connectivity index (χ1v) is 5.87. The van der Waals surface area contributed by atoms with Crippen LogP contribution in [0.5, 0.6) is 5.75 Å². The van der Waals surface area contributed by atoms with Gasteiger partial charge in [-0.25, -0.2) is 4.39 Å². The highest BCUT2D eigenvalue weighted by Gasteiger charge is 2.17. The van der Waals surface area contributed by atoms with Crippen LogP contribution in [0.1, 0.15) is 18.4 Å². The molecule has 4 heteroatoms. The summed E-state index contributed by atoms with van der Waals surface area (Å²) in [7, 11) is 0. The van der Waals surface area contributed by atoms with Gasteiger partial charge in [-0.3, -0.25) is 0 Å². The van der Waals surface area contributed by atoms with E-state index in [2.05, 4.69) is 5.32 Å². The van der Waals surface area contributed by atoms with E-state index in [0.717, 1.165) is 31.5 Å². The lowest BCUT2D eigenvalue weighted by molar-refractivity contribution is 0.156.